The first kappa shape index (κ1) is 18.0. The molecule has 4 rings (SSSR count). The first-order valence-corrected chi connectivity index (χ1v) is 9.43. The normalized spacial score (nSPS) is 15.5. The molecule has 1 aliphatic heterocycles. The molecule has 1 N–H and O–H groups in total. The van der Waals surface area contributed by atoms with E-state index in [1.807, 2.05) is 43.3 Å². The minimum Gasteiger partial charge on any atom is -0.494 e. The van der Waals surface area contributed by atoms with Gasteiger partial charge in [0, 0.05) is 17.6 Å². The Hall–Kier alpha value is -3.34. The number of fused-ring (bicyclic) bond motifs is 1. The summed E-state index contributed by atoms with van der Waals surface area (Å²) in [6.07, 6.45) is 1.35. The Balaban J connectivity index is 1.74. The fourth-order valence-corrected chi connectivity index (χ4v) is 3.58. The lowest BCUT2D eigenvalue weighted by atomic mass is 10.1. The topological polar surface area (TPSA) is 54.5 Å². The summed E-state index contributed by atoms with van der Waals surface area (Å²) in [5.74, 6) is 0.724. The molecule has 0 bridgehead atoms. The summed E-state index contributed by atoms with van der Waals surface area (Å²) in [6, 6.07) is 17.5. The van der Waals surface area contributed by atoms with Crippen molar-refractivity contribution >= 4 is 17.3 Å². The van der Waals surface area contributed by atoms with Gasteiger partial charge in [0.2, 0.25) is 0 Å². The lowest BCUT2D eigenvalue weighted by molar-refractivity contribution is 0.0993. The number of carbonyl (C=O) groups excluding carboxylic acids is 1. The minimum atomic E-state index is -0.372. The van der Waals surface area contributed by atoms with Crippen LogP contribution in [0.15, 0.2) is 60.8 Å². The van der Waals surface area contributed by atoms with E-state index in [1.165, 1.54) is 5.56 Å². The Morgan fingerprint density at radius 3 is 2.61 bits per heavy atom. The van der Waals surface area contributed by atoms with Crippen molar-refractivity contribution in [1.29, 1.82) is 0 Å². The third-order valence-electron chi connectivity index (χ3n) is 4.90. The van der Waals surface area contributed by atoms with E-state index in [1.54, 1.807) is 17.2 Å². The van der Waals surface area contributed by atoms with Crippen molar-refractivity contribution in [2.75, 3.05) is 16.8 Å². The number of anilines is 2. The standard InChI is InChI=1S/C23H23N3O2/c1-4-28-18-10-8-17(9-11-18)26-22(21-19(23(26)27)6-5-13-24-21)25-20-12-7-15(2)14-16(20)3/h5-14,22,25H,4H2,1-3H3. The average molecular weight is 373 g/mol. The molecule has 1 atom stereocenters. The third kappa shape index (κ3) is 3.20. The van der Waals surface area contributed by atoms with Gasteiger partial charge in [0.05, 0.1) is 17.9 Å². The molecule has 2 heterocycles. The number of ether oxygens (including phenoxy) is 1. The number of aryl methyl sites for hydroxylation is 2. The van der Waals surface area contributed by atoms with E-state index in [2.05, 4.69) is 36.3 Å². The zero-order valence-electron chi connectivity index (χ0n) is 16.3. The van der Waals surface area contributed by atoms with E-state index in [0.29, 0.717) is 12.2 Å². The molecule has 142 valence electrons. The minimum absolute atomic E-state index is 0.0606. The molecule has 2 aromatic carbocycles. The Morgan fingerprint density at radius 1 is 1.11 bits per heavy atom. The molecule has 1 aliphatic rings. The quantitative estimate of drug-likeness (QED) is 0.693. The summed E-state index contributed by atoms with van der Waals surface area (Å²) in [7, 11) is 0. The molecule has 5 nitrogen and oxygen atoms in total. The summed E-state index contributed by atoms with van der Waals surface area (Å²) in [6.45, 7) is 6.68. The van der Waals surface area contributed by atoms with E-state index in [-0.39, 0.29) is 12.1 Å². The Bertz CT molecular complexity index is 1010. The van der Waals surface area contributed by atoms with Crippen molar-refractivity contribution in [3.05, 3.63) is 83.2 Å². The zero-order valence-corrected chi connectivity index (χ0v) is 16.3. The molecule has 1 aromatic heterocycles. The molecule has 1 amide bonds. The summed E-state index contributed by atoms with van der Waals surface area (Å²) >= 11 is 0. The van der Waals surface area contributed by atoms with Crippen LogP contribution in [0.4, 0.5) is 11.4 Å². The predicted molar refractivity (Wildman–Crippen MR) is 111 cm³/mol. The Labute approximate surface area is 165 Å². The van der Waals surface area contributed by atoms with E-state index in [9.17, 15) is 4.79 Å². The van der Waals surface area contributed by atoms with Crippen molar-refractivity contribution in [2.45, 2.75) is 26.9 Å². The van der Waals surface area contributed by atoms with Gasteiger partial charge in [0.15, 0.2) is 6.17 Å². The van der Waals surface area contributed by atoms with E-state index >= 15 is 0 Å². The van der Waals surface area contributed by atoms with Crippen LogP contribution in [0.3, 0.4) is 0 Å². The number of rotatable bonds is 5. The van der Waals surface area contributed by atoms with Gasteiger partial charge in [0.1, 0.15) is 5.75 Å². The van der Waals surface area contributed by atoms with Crippen LogP contribution in [-0.2, 0) is 0 Å². The summed E-state index contributed by atoms with van der Waals surface area (Å²) in [5, 5.41) is 3.52. The van der Waals surface area contributed by atoms with Crippen molar-refractivity contribution in [3.63, 3.8) is 0 Å². The number of carbonyl (C=O) groups is 1. The van der Waals surface area contributed by atoms with Crippen molar-refractivity contribution in [2.24, 2.45) is 0 Å². The van der Waals surface area contributed by atoms with Crippen molar-refractivity contribution in [3.8, 4) is 5.75 Å². The van der Waals surface area contributed by atoms with Crippen LogP contribution >= 0.6 is 0 Å². The highest BCUT2D eigenvalue weighted by Crippen LogP contribution is 2.38. The molecule has 0 fully saturated rings. The molecule has 0 radical (unpaired) electrons. The van der Waals surface area contributed by atoms with Crippen LogP contribution in [0.5, 0.6) is 5.75 Å². The maximum atomic E-state index is 13.2. The number of pyridine rings is 1. The van der Waals surface area contributed by atoms with E-state index in [0.717, 1.165) is 28.4 Å². The van der Waals surface area contributed by atoms with E-state index in [4.69, 9.17) is 4.74 Å². The second-order valence-corrected chi connectivity index (χ2v) is 6.90. The molecule has 3 aromatic rings. The number of benzene rings is 2. The van der Waals surface area contributed by atoms with Crippen LogP contribution in [0.2, 0.25) is 0 Å². The smallest absolute Gasteiger partial charge is 0.262 e. The molecule has 1 unspecified atom stereocenters. The fourth-order valence-electron chi connectivity index (χ4n) is 3.58. The first-order chi connectivity index (χ1) is 13.6. The molecular weight excluding hydrogens is 350 g/mol. The number of aromatic nitrogens is 1. The fraction of sp³-hybridized carbons (Fsp3) is 0.217. The number of nitrogens with zero attached hydrogens (tertiary/aromatic N) is 2. The maximum Gasteiger partial charge on any atom is 0.262 e. The van der Waals surface area contributed by atoms with Crippen molar-refractivity contribution in [1.82, 2.24) is 4.98 Å². The van der Waals surface area contributed by atoms with Gasteiger partial charge >= 0.3 is 0 Å². The second-order valence-electron chi connectivity index (χ2n) is 6.90. The van der Waals surface area contributed by atoms with Gasteiger partial charge in [-0.2, -0.15) is 0 Å². The van der Waals surface area contributed by atoms with Crippen LogP contribution < -0.4 is 15.0 Å². The number of nitrogens with one attached hydrogen (secondary N) is 1. The molecule has 0 aliphatic carbocycles. The van der Waals surface area contributed by atoms with Gasteiger partial charge in [-0.3, -0.25) is 14.7 Å². The largest absolute Gasteiger partial charge is 0.494 e. The molecule has 0 saturated carbocycles. The van der Waals surface area contributed by atoms with Gasteiger partial charge in [0.25, 0.3) is 5.91 Å². The van der Waals surface area contributed by atoms with Crippen LogP contribution in [0.25, 0.3) is 0 Å². The SMILES string of the molecule is CCOc1ccc(N2C(=O)c3cccnc3C2Nc2ccc(C)cc2C)cc1. The maximum absolute atomic E-state index is 13.2. The summed E-state index contributed by atoms with van der Waals surface area (Å²) in [5.41, 5.74) is 5.47. The van der Waals surface area contributed by atoms with Crippen LogP contribution in [0.1, 0.15) is 40.3 Å². The Kier molecular flexibility index (Phi) is 4.74. The molecule has 0 saturated heterocycles. The Morgan fingerprint density at radius 2 is 1.89 bits per heavy atom. The molecular formula is C23H23N3O2. The van der Waals surface area contributed by atoms with Gasteiger partial charge < -0.3 is 10.1 Å². The van der Waals surface area contributed by atoms with Gasteiger partial charge in [-0.1, -0.05) is 17.7 Å². The lowest BCUT2D eigenvalue weighted by Crippen LogP contribution is -2.32. The highest BCUT2D eigenvalue weighted by molar-refractivity contribution is 6.11. The van der Waals surface area contributed by atoms with Gasteiger partial charge in [-0.25, -0.2) is 0 Å². The highest BCUT2D eigenvalue weighted by Gasteiger charge is 2.39. The van der Waals surface area contributed by atoms with Crippen LogP contribution in [-0.4, -0.2) is 17.5 Å². The number of amides is 1. The second kappa shape index (κ2) is 7.35. The number of hydrogen-bond donors (Lipinski definition) is 1. The molecule has 28 heavy (non-hydrogen) atoms. The lowest BCUT2D eigenvalue weighted by Gasteiger charge is -2.27. The summed E-state index contributed by atoms with van der Waals surface area (Å²) < 4.78 is 5.53. The first-order valence-electron chi connectivity index (χ1n) is 9.43. The van der Waals surface area contributed by atoms with Crippen molar-refractivity contribution < 1.29 is 9.53 Å². The van der Waals surface area contributed by atoms with E-state index < -0.39 is 0 Å². The monoisotopic (exact) mass is 373 g/mol. The average Bonchev–Trinajstić information content (AvgIpc) is 2.97. The third-order valence-corrected chi connectivity index (χ3v) is 4.90. The number of hydrogen-bond acceptors (Lipinski definition) is 4. The molecule has 5 heteroatoms. The predicted octanol–water partition coefficient (Wildman–Crippen LogP) is 4.87. The zero-order chi connectivity index (χ0) is 19.7. The highest BCUT2D eigenvalue weighted by atomic mass is 16.5. The summed E-state index contributed by atoms with van der Waals surface area (Å²) in [4.78, 5) is 19.4. The molecule has 0 spiro atoms. The van der Waals surface area contributed by atoms with Gasteiger partial charge in [-0.05, 0) is 68.8 Å². The van der Waals surface area contributed by atoms with Crippen LogP contribution in [0, 0.1) is 13.8 Å². The van der Waals surface area contributed by atoms with Gasteiger partial charge in [-0.15, -0.1) is 0 Å².